The quantitative estimate of drug-likeness (QED) is 0.275. The number of hydrogen-bond acceptors (Lipinski definition) is 8. The Kier molecular flexibility index (Phi) is 8.76. The van der Waals surface area contributed by atoms with Gasteiger partial charge in [0, 0.05) is 64.5 Å². The summed E-state index contributed by atoms with van der Waals surface area (Å²) in [6.45, 7) is 8.03. The van der Waals surface area contributed by atoms with E-state index >= 15 is 0 Å². The first-order chi connectivity index (χ1) is 14.8. The van der Waals surface area contributed by atoms with Gasteiger partial charge in [0.15, 0.2) is 11.8 Å². The molecule has 0 bridgehead atoms. The third-order valence-electron chi connectivity index (χ3n) is 4.83. The molecule has 1 N–H and O–H groups in total. The average Bonchev–Trinajstić information content (AvgIpc) is 3.47. The number of hydrogen-bond donors (Lipinski definition) is 1. The van der Waals surface area contributed by atoms with Crippen LogP contribution in [0.25, 0.3) is 11.6 Å². The summed E-state index contributed by atoms with van der Waals surface area (Å²) in [4.78, 5) is 18.1. The standard InChI is InChI=1S/C20H26N8O2.HI/c1-2-21-20(28-12-10-27(11-13-28)15-16-7-14-29-25-16)23-9-6-18-24-19(30-26-18)17-5-3-4-8-22-17;/h3-5,7-8,14H,2,6,9-13,15H2,1H3,(H,21,23);1H. The maximum absolute atomic E-state index is 5.31. The van der Waals surface area contributed by atoms with Crippen LogP contribution in [0.3, 0.4) is 0 Å². The molecule has 1 aliphatic heterocycles. The Balaban J connectivity index is 0.00000272. The van der Waals surface area contributed by atoms with Crippen molar-refractivity contribution in [3.05, 3.63) is 48.2 Å². The van der Waals surface area contributed by atoms with Crippen LogP contribution in [0.4, 0.5) is 0 Å². The van der Waals surface area contributed by atoms with Crippen LogP contribution in [0.1, 0.15) is 18.4 Å². The Morgan fingerprint density at radius 3 is 2.74 bits per heavy atom. The maximum atomic E-state index is 5.31. The summed E-state index contributed by atoms with van der Waals surface area (Å²) in [5, 5.41) is 11.4. The average molecular weight is 538 g/mol. The monoisotopic (exact) mass is 538 g/mol. The second kappa shape index (κ2) is 11.7. The van der Waals surface area contributed by atoms with Gasteiger partial charge in [-0.3, -0.25) is 14.9 Å². The van der Waals surface area contributed by atoms with Gasteiger partial charge < -0.3 is 19.3 Å². The minimum absolute atomic E-state index is 0. The Labute approximate surface area is 198 Å². The number of nitrogens with zero attached hydrogens (tertiary/aromatic N) is 7. The highest BCUT2D eigenvalue weighted by atomic mass is 127. The molecule has 0 unspecified atom stereocenters. The molecule has 4 heterocycles. The molecule has 0 aromatic carbocycles. The van der Waals surface area contributed by atoms with Gasteiger partial charge in [0.2, 0.25) is 0 Å². The predicted molar refractivity (Wildman–Crippen MR) is 126 cm³/mol. The Bertz CT molecular complexity index is 924. The molecule has 1 saturated heterocycles. The fraction of sp³-hybridized carbons (Fsp3) is 0.450. The molecule has 4 rings (SSSR count). The molecule has 3 aromatic heterocycles. The zero-order chi connectivity index (χ0) is 20.6. The van der Waals surface area contributed by atoms with Gasteiger partial charge in [-0.15, -0.1) is 24.0 Å². The van der Waals surface area contributed by atoms with Crippen LogP contribution in [-0.4, -0.2) is 75.3 Å². The molecule has 0 atom stereocenters. The Morgan fingerprint density at radius 1 is 1.16 bits per heavy atom. The van der Waals surface area contributed by atoms with Gasteiger partial charge in [-0.25, -0.2) is 0 Å². The summed E-state index contributed by atoms with van der Waals surface area (Å²) >= 11 is 0. The molecular weight excluding hydrogens is 511 g/mol. The van der Waals surface area contributed by atoms with Crippen LogP contribution in [0.15, 0.2) is 50.8 Å². The molecule has 31 heavy (non-hydrogen) atoms. The summed E-state index contributed by atoms with van der Waals surface area (Å²) in [7, 11) is 0. The number of piperazine rings is 1. The van der Waals surface area contributed by atoms with Crippen molar-refractivity contribution in [2.75, 3.05) is 39.3 Å². The highest BCUT2D eigenvalue weighted by molar-refractivity contribution is 14.0. The summed E-state index contributed by atoms with van der Waals surface area (Å²) in [5.41, 5.74) is 1.64. The van der Waals surface area contributed by atoms with Gasteiger partial charge in [-0.05, 0) is 19.1 Å². The van der Waals surface area contributed by atoms with Crippen LogP contribution >= 0.6 is 24.0 Å². The normalized spacial score (nSPS) is 15.0. The lowest BCUT2D eigenvalue weighted by molar-refractivity contribution is 0.169. The number of halogens is 1. The van der Waals surface area contributed by atoms with Gasteiger partial charge in [-0.1, -0.05) is 16.4 Å². The van der Waals surface area contributed by atoms with E-state index in [9.17, 15) is 0 Å². The van der Waals surface area contributed by atoms with Crippen LogP contribution in [0.2, 0.25) is 0 Å². The Hall–Kier alpha value is -2.54. The fourth-order valence-electron chi connectivity index (χ4n) is 3.30. The van der Waals surface area contributed by atoms with Crippen LogP contribution < -0.4 is 5.32 Å². The smallest absolute Gasteiger partial charge is 0.276 e. The van der Waals surface area contributed by atoms with Gasteiger partial charge in [0.25, 0.3) is 5.89 Å². The van der Waals surface area contributed by atoms with Crippen molar-refractivity contribution in [1.29, 1.82) is 0 Å². The second-order valence-electron chi connectivity index (χ2n) is 6.97. The molecule has 0 amide bonds. The lowest BCUT2D eigenvalue weighted by Crippen LogP contribution is -2.52. The second-order valence-corrected chi connectivity index (χ2v) is 6.97. The van der Waals surface area contributed by atoms with Crippen LogP contribution in [0.5, 0.6) is 0 Å². The summed E-state index contributed by atoms with van der Waals surface area (Å²) < 4.78 is 10.2. The number of aliphatic imine (C=N–C) groups is 1. The number of nitrogens with one attached hydrogen (secondary N) is 1. The van der Waals surface area contributed by atoms with E-state index < -0.39 is 0 Å². The number of rotatable bonds is 7. The highest BCUT2D eigenvalue weighted by Gasteiger charge is 2.20. The molecule has 1 fully saturated rings. The van der Waals surface area contributed by atoms with Crippen molar-refractivity contribution in [2.24, 2.45) is 4.99 Å². The highest BCUT2D eigenvalue weighted by Crippen LogP contribution is 2.13. The molecular formula is C20H27IN8O2. The topological polar surface area (TPSA) is 109 Å². The first-order valence-electron chi connectivity index (χ1n) is 10.2. The largest absolute Gasteiger partial charge is 0.364 e. The van der Waals surface area contributed by atoms with E-state index in [2.05, 4.69) is 42.3 Å². The van der Waals surface area contributed by atoms with E-state index in [1.54, 1.807) is 12.5 Å². The van der Waals surface area contributed by atoms with Crippen molar-refractivity contribution in [3.8, 4) is 11.6 Å². The number of pyridine rings is 1. The molecule has 0 aliphatic carbocycles. The maximum Gasteiger partial charge on any atom is 0.276 e. The fourth-order valence-corrected chi connectivity index (χ4v) is 3.30. The Morgan fingerprint density at radius 2 is 2.03 bits per heavy atom. The minimum atomic E-state index is 0. The lowest BCUT2D eigenvalue weighted by atomic mass is 10.3. The van der Waals surface area contributed by atoms with Gasteiger partial charge >= 0.3 is 0 Å². The van der Waals surface area contributed by atoms with E-state index in [0.717, 1.165) is 50.9 Å². The molecule has 11 heteroatoms. The van der Waals surface area contributed by atoms with Crippen molar-refractivity contribution in [3.63, 3.8) is 0 Å². The van der Waals surface area contributed by atoms with E-state index in [4.69, 9.17) is 14.0 Å². The van der Waals surface area contributed by atoms with Gasteiger partial charge in [0.05, 0.1) is 5.69 Å². The van der Waals surface area contributed by atoms with Crippen molar-refractivity contribution in [1.82, 2.24) is 35.4 Å². The molecule has 1 aliphatic rings. The molecule has 0 spiro atoms. The summed E-state index contributed by atoms with van der Waals surface area (Å²) in [6, 6.07) is 7.51. The minimum Gasteiger partial charge on any atom is -0.364 e. The molecule has 0 radical (unpaired) electrons. The zero-order valence-electron chi connectivity index (χ0n) is 17.5. The summed E-state index contributed by atoms with van der Waals surface area (Å²) in [6.07, 6.45) is 3.93. The number of guanidine groups is 1. The molecule has 0 saturated carbocycles. The van der Waals surface area contributed by atoms with E-state index in [1.807, 2.05) is 24.3 Å². The van der Waals surface area contributed by atoms with E-state index in [1.165, 1.54) is 0 Å². The molecule has 166 valence electrons. The van der Waals surface area contributed by atoms with Crippen LogP contribution in [-0.2, 0) is 13.0 Å². The third-order valence-corrected chi connectivity index (χ3v) is 4.83. The lowest BCUT2D eigenvalue weighted by Gasteiger charge is -2.36. The zero-order valence-corrected chi connectivity index (χ0v) is 19.8. The molecule has 3 aromatic rings. The number of aromatic nitrogens is 4. The van der Waals surface area contributed by atoms with Crippen molar-refractivity contribution in [2.45, 2.75) is 19.9 Å². The first-order valence-corrected chi connectivity index (χ1v) is 10.2. The van der Waals surface area contributed by atoms with Gasteiger partial charge in [0.1, 0.15) is 12.0 Å². The SMILES string of the molecule is CCNC(=NCCc1noc(-c2ccccn2)n1)N1CCN(Cc2ccon2)CC1.I. The van der Waals surface area contributed by atoms with E-state index in [-0.39, 0.29) is 24.0 Å². The van der Waals surface area contributed by atoms with Crippen molar-refractivity contribution >= 4 is 29.9 Å². The van der Waals surface area contributed by atoms with Crippen LogP contribution in [0, 0.1) is 0 Å². The van der Waals surface area contributed by atoms with Crippen molar-refractivity contribution < 1.29 is 9.05 Å². The van der Waals surface area contributed by atoms with Gasteiger partial charge in [-0.2, -0.15) is 4.98 Å². The third kappa shape index (κ3) is 6.47. The molecule has 10 nitrogen and oxygen atoms in total. The predicted octanol–water partition coefficient (Wildman–Crippen LogP) is 2.06. The van der Waals surface area contributed by atoms with E-state index in [0.29, 0.717) is 30.4 Å². The first kappa shape index (κ1) is 23.1. The summed E-state index contributed by atoms with van der Waals surface area (Å²) in [5.74, 6) is 1.99.